The maximum Gasteiger partial charge on any atom is 0.311 e. The molecule has 2 N–H and O–H groups in total. The number of hydrogen-bond donors (Lipinski definition) is 2. The maximum absolute atomic E-state index is 13.4. The van der Waals surface area contributed by atoms with Gasteiger partial charge in [0.25, 0.3) is 0 Å². The molecule has 4 heterocycles. The zero-order chi connectivity index (χ0) is 36.0. The normalized spacial score (nSPS) is 23.1. The van der Waals surface area contributed by atoms with Crippen LogP contribution < -0.4 is 19.5 Å². The van der Waals surface area contributed by atoms with Gasteiger partial charge >= 0.3 is 5.97 Å². The van der Waals surface area contributed by atoms with Crippen molar-refractivity contribution < 1.29 is 28.9 Å². The third-order valence-corrected chi connectivity index (χ3v) is 11.6. The second-order valence-corrected chi connectivity index (χ2v) is 14.6. The van der Waals surface area contributed by atoms with Crippen molar-refractivity contribution in [2.45, 2.75) is 109 Å². The molecule has 1 fully saturated rings. The molecule has 5 atom stereocenters. The Hall–Kier alpha value is -4.59. The molecule has 0 aromatic heterocycles. The van der Waals surface area contributed by atoms with Crippen LogP contribution in [0.25, 0.3) is 0 Å². The summed E-state index contributed by atoms with van der Waals surface area (Å²) < 4.78 is 18.3. The number of unbranched alkanes of at least 4 members (excludes halogenated alkanes) is 2. The van der Waals surface area contributed by atoms with Gasteiger partial charge < -0.3 is 24.6 Å². The molecule has 0 radical (unpaired) electrons. The lowest BCUT2D eigenvalue weighted by molar-refractivity contribution is -0.134. The Morgan fingerprint density at radius 1 is 1.02 bits per heavy atom. The largest absolute Gasteiger partial charge is 0.507 e. The Kier molecular flexibility index (Phi) is 9.70. The highest BCUT2D eigenvalue weighted by atomic mass is 16.7. The van der Waals surface area contributed by atoms with Crippen molar-refractivity contribution >= 4 is 11.9 Å². The Labute approximate surface area is 300 Å². The van der Waals surface area contributed by atoms with E-state index in [9.17, 15) is 20.0 Å². The number of esters is 1. The molecule has 4 aliphatic rings. The van der Waals surface area contributed by atoms with E-state index in [0.717, 1.165) is 58.2 Å². The van der Waals surface area contributed by atoms with Gasteiger partial charge in [0.2, 0.25) is 12.7 Å². The fraction of sp³-hybridized carbons (Fsp3) is 0.488. The van der Waals surface area contributed by atoms with Crippen LogP contribution >= 0.6 is 0 Å². The summed E-state index contributed by atoms with van der Waals surface area (Å²) in [4.78, 5) is 31.2. The average Bonchev–Trinajstić information content (AvgIpc) is 3.62. The smallest absolute Gasteiger partial charge is 0.311 e. The fourth-order valence-electron chi connectivity index (χ4n) is 8.90. The van der Waals surface area contributed by atoms with Gasteiger partial charge in [-0.1, -0.05) is 56.2 Å². The minimum absolute atomic E-state index is 0.0281. The molecule has 1 unspecified atom stereocenters. The average molecular weight is 693 g/mol. The third-order valence-electron chi connectivity index (χ3n) is 11.6. The summed E-state index contributed by atoms with van der Waals surface area (Å²) in [6.07, 6.45) is 5.06. The molecule has 10 heteroatoms. The first kappa shape index (κ1) is 34.8. The van der Waals surface area contributed by atoms with Gasteiger partial charge in [0, 0.05) is 53.7 Å². The predicted octanol–water partition coefficient (Wildman–Crippen LogP) is 6.05. The number of benzene rings is 3. The summed E-state index contributed by atoms with van der Waals surface area (Å²) in [7, 11) is 2.06. The number of nitrogens with one attached hydrogen (secondary N) is 1. The maximum atomic E-state index is 13.4. The van der Waals surface area contributed by atoms with Crippen LogP contribution in [0.4, 0.5) is 0 Å². The van der Waals surface area contributed by atoms with E-state index in [1.54, 1.807) is 0 Å². The fourth-order valence-corrected chi connectivity index (χ4v) is 8.90. The van der Waals surface area contributed by atoms with E-state index >= 15 is 0 Å². The minimum atomic E-state index is -0.535. The first-order valence-corrected chi connectivity index (χ1v) is 18.3. The molecule has 0 spiro atoms. The minimum Gasteiger partial charge on any atom is -0.507 e. The molecule has 2 bridgehead atoms. The monoisotopic (exact) mass is 692 g/mol. The zero-order valence-corrected chi connectivity index (χ0v) is 30.3. The van der Waals surface area contributed by atoms with E-state index in [1.165, 1.54) is 0 Å². The number of likely N-dealkylation sites (N-methyl/N-ethyl adjacent to an activating group) is 1. The number of carbonyl (C=O) groups excluding carboxylic acids is 2. The van der Waals surface area contributed by atoms with E-state index in [1.807, 2.05) is 51.1 Å². The van der Waals surface area contributed by atoms with Crippen molar-refractivity contribution in [3.05, 3.63) is 80.9 Å². The quantitative estimate of drug-likeness (QED) is 0.148. The molecule has 3 aromatic carbocycles. The number of nitrogens with zero attached hydrogens (tertiary/aromatic N) is 3. The van der Waals surface area contributed by atoms with Crippen LogP contribution in [-0.2, 0) is 28.9 Å². The Bertz CT molecular complexity index is 1890. The standard InChI is InChI=1S/C41H48N4O6/c1-6-7-9-14-34(47)51-39-24(3)23(2)17-27-18-29-31(20-42)45-30(37(35(27)39)44(29)5)19-28-36(41-40(49-22-50-41)25(4)38(28)48)32(45)21-43-33(46)16-15-26-12-10-8-11-13-26/h8,10-13,17,29-32,37,48H,6-7,9,14-16,18-19,21-22H2,1-5H3,(H,43,46)/t29-,30?,31-,32-,37-/m0/s1. The molecule has 4 aliphatic heterocycles. The lowest BCUT2D eigenvalue weighted by Gasteiger charge is -2.60. The van der Waals surface area contributed by atoms with Gasteiger partial charge in [-0.05, 0) is 75.8 Å². The molecular weight excluding hydrogens is 644 g/mol. The number of phenolic OH excluding ortho intramolecular Hbond substituents is 1. The van der Waals surface area contributed by atoms with Gasteiger partial charge in [-0.2, -0.15) is 5.26 Å². The number of amides is 1. The summed E-state index contributed by atoms with van der Waals surface area (Å²) in [6.45, 7) is 8.24. The first-order chi connectivity index (χ1) is 24.6. The first-order valence-electron chi connectivity index (χ1n) is 18.3. The Balaban J connectivity index is 1.31. The van der Waals surface area contributed by atoms with E-state index in [-0.39, 0.29) is 49.1 Å². The summed E-state index contributed by atoms with van der Waals surface area (Å²) >= 11 is 0. The number of ether oxygens (including phenoxy) is 3. The number of fused-ring (bicyclic) bond motifs is 9. The predicted molar refractivity (Wildman–Crippen MR) is 192 cm³/mol. The van der Waals surface area contributed by atoms with Crippen molar-refractivity contribution in [1.82, 2.24) is 15.1 Å². The van der Waals surface area contributed by atoms with Crippen molar-refractivity contribution in [3.8, 4) is 29.1 Å². The molecular formula is C41H48N4O6. The van der Waals surface area contributed by atoms with Gasteiger partial charge in [-0.15, -0.1) is 0 Å². The van der Waals surface area contributed by atoms with Gasteiger partial charge in [0.05, 0.1) is 18.2 Å². The topological polar surface area (TPSA) is 124 Å². The molecule has 3 aromatic rings. The molecule has 1 amide bonds. The summed E-state index contributed by atoms with van der Waals surface area (Å²) in [5, 5.41) is 25.9. The number of carbonyl (C=O) groups is 2. The number of aryl methyl sites for hydroxylation is 2. The van der Waals surface area contributed by atoms with Gasteiger partial charge in [0.15, 0.2) is 11.5 Å². The van der Waals surface area contributed by atoms with Crippen LogP contribution in [0.5, 0.6) is 23.0 Å². The molecule has 0 aliphatic carbocycles. The number of aromatic hydroxyl groups is 1. The van der Waals surface area contributed by atoms with Crippen LogP contribution in [0.1, 0.15) is 95.6 Å². The number of piperazine rings is 1. The molecule has 268 valence electrons. The van der Waals surface area contributed by atoms with Gasteiger partial charge in [-0.3, -0.25) is 19.4 Å². The highest BCUT2D eigenvalue weighted by Gasteiger charge is 2.56. The summed E-state index contributed by atoms with van der Waals surface area (Å²) in [6, 6.07) is 13.0. The molecule has 10 nitrogen and oxygen atoms in total. The number of hydrogen-bond acceptors (Lipinski definition) is 9. The van der Waals surface area contributed by atoms with Crippen molar-refractivity contribution in [2.75, 3.05) is 20.4 Å². The van der Waals surface area contributed by atoms with Crippen LogP contribution in [0.2, 0.25) is 0 Å². The third kappa shape index (κ3) is 6.10. The summed E-state index contributed by atoms with van der Waals surface area (Å²) in [5.41, 5.74) is 7.22. The number of nitriles is 1. The Morgan fingerprint density at radius 2 is 1.78 bits per heavy atom. The van der Waals surface area contributed by atoms with Crippen LogP contribution in [0, 0.1) is 32.1 Å². The van der Waals surface area contributed by atoms with Gasteiger partial charge in [-0.25, -0.2) is 0 Å². The van der Waals surface area contributed by atoms with Crippen molar-refractivity contribution in [3.63, 3.8) is 0 Å². The SMILES string of the molecule is CCCCCC(=O)Oc1c(C)c(C)cc2c1[C@@H]1C3Cc4c(O)c(C)c5c(c4[C@H](CNC(=O)CCc4ccccc4)N3[C@@H](C#N)[C@H](C2)N1C)OCO5. The van der Waals surface area contributed by atoms with Gasteiger partial charge in [0.1, 0.15) is 17.5 Å². The van der Waals surface area contributed by atoms with E-state index < -0.39 is 12.1 Å². The van der Waals surface area contributed by atoms with E-state index in [2.05, 4.69) is 41.2 Å². The van der Waals surface area contributed by atoms with Crippen molar-refractivity contribution in [1.29, 1.82) is 5.26 Å². The highest BCUT2D eigenvalue weighted by molar-refractivity contribution is 5.76. The molecule has 51 heavy (non-hydrogen) atoms. The number of phenols is 1. The molecule has 0 saturated carbocycles. The van der Waals surface area contributed by atoms with Crippen LogP contribution in [-0.4, -0.2) is 65.3 Å². The van der Waals surface area contributed by atoms with Crippen LogP contribution in [0.3, 0.4) is 0 Å². The second kappa shape index (κ2) is 14.2. The van der Waals surface area contributed by atoms with Crippen molar-refractivity contribution in [2.24, 2.45) is 0 Å². The lowest BCUT2D eigenvalue weighted by Crippen LogP contribution is -2.68. The zero-order valence-electron chi connectivity index (χ0n) is 30.3. The van der Waals surface area contributed by atoms with E-state index in [0.29, 0.717) is 54.9 Å². The number of rotatable bonds is 10. The second-order valence-electron chi connectivity index (χ2n) is 14.6. The summed E-state index contributed by atoms with van der Waals surface area (Å²) in [5.74, 6) is 1.49. The molecule has 1 saturated heterocycles. The van der Waals surface area contributed by atoms with E-state index in [4.69, 9.17) is 14.2 Å². The molecule has 7 rings (SSSR count). The Morgan fingerprint density at radius 3 is 2.53 bits per heavy atom. The van der Waals surface area contributed by atoms with Crippen LogP contribution in [0.15, 0.2) is 36.4 Å². The highest BCUT2D eigenvalue weighted by Crippen LogP contribution is 2.57. The lowest BCUT2D eigenvalue weighted by atomic mass is 9.71.